The van der Waals surface area contributed by atoms with Gasteiger partial charge >= 0.3 is 6.18 Å². The molecule has 204 valence electrons. The van der Waals surface area contributed by atoms with Crippen LogP contribution in [0, 0.1) is 0 Å². The van der Waals surface area contributed by atoms with E-state index in [0.29, 0.717) is 40.3 Å². The van der Waals surface area contributed by atoms with Crippen molar-refractivity contribution in [3.63, 3.8) is 0 Å². The average molecular weight is 537 g/mol. The second-order valence-electron chi connectivity index (χ2n) is 10.4. The fraction of sp³-hybridized carbons (Fsp3) is 0.429. The van der Waals surface area contributed by atoms with E-state index in [1.54, 1.807) is 23.0 Å². The Bertz CT molecular complexity index is 1460. The molecule has 1 aromatic carbocycles. The predicted molar refractivity (Wildman–Crippen MR) is 144 cm³/mol. The second kappa shape index (κ2) is 10.4. The number of piperidine rings is 1. The molecular weight excluding hydrogens is 505 g/mol. The van der Waals surface area contributed by atoms with E-state index in [1.165, 1.54) is 6.07 Å². The summed E-state index contributed by atoms with van der Waals surface area (Å²) in [5, 5.41) is 15.5. The minimum absolute atomic E-state index is 0.181. The van der Waals surface area contributed by atoms with E-state index < -0.39 is 11.7 Å². The van der Waals surface area contributed by atoms with Crippen LogP contribution in [0.15, 0.2) is 48.9 Å². The van der Waals surface area contributed by atoms with Gasteiger partial charge in [0.25, 0.3) is 0 Å². The summed E-state index contributed by atoms with van der Waals surface area (Å²) in [5.74, 6) is 1.28. The zero-order valence-electron chi connectivity index (χ0n) is 21.7. The van der Waals surface area contributed by atoms with Gasteiger partial charge in [0.15, 0.2) is 5.65 Å². The third-order valence-corrected chi connectivity index (χ3v) is 7.27. The largest absolute Gasteiger partial charge is 0.416 e. The molecule has 8 nitrogen and oxygen atoms in total. The number of aromatic nitrogens is 5. The van der Waals surface area contributed by atoms with Crippen molar-refractivity contribution in [2.24, 2.45) is 0 Å². The molecule has 1 unspecified atom stereocenters. The van der Waals surface area contributed by atoms with Crippen molar-refractivity contribution in [2.45, 2.75) is 57.3 Å². The van der Waals surface area contributed by atoms with Crippen LogP contribution in [0.5, 0.6) is 0 Å². The molecule has 3 aromatic heterocycles. The number of hydrogen-bond acceptors (Lipinski definition) is 7. The zero-order valence-corrected chi connectivity index (χ0v) is 21.7. The van der Waals surface area contributed by atoms with Crippen LogP contribution in [0.1, 0.15) is 44.6 Å². The summed E-state index contributed by atoms with van der Waals surface area (Å²) >= 11 is 0. The van der Waals surface area contributed by atoms with Crippen molar-refractivity contribution in [3.05, 3.63) is 54.5 Å². The molecule has 4 heterocycles. The molecular formula is C28H31F3N8. The minimum Gasteiger partial charge on any atom is -0.367 e. The minimum atomic E-state index is -4.47. The summed E-state index contributed by atoms with van der Waals surface area (Å²) in [5.41, 5.74) is 1.85. The molecule has 1 saturated heterocycles. The Labute approximate surface area is 224 Å². The molecule has 0 spiro atoms. The highest BCUT2D eigenvalue weighted by Gasteiger charge is 2.31. The molecule has 1 aliphatic heterocycles. The highest BCUT2D eigenvalue weighted by atomic mass is 19.4. The van der Waals surface area contributed by atoms with Gasteiger partial charge in [0.05, 0.1) is 16.8 Å². The topological polar surface area (TPSA) is 83.3 Å². The van der Waals surface area contributed by atoms with E-state index in [9.17, 15) is 13.2 Å². The normalized spacial score (nSPS) is 18.4. The van der Waals surface area contributed by atoms with E-state index in [2.05, 4.69) is 37.6 Å². The van der Waals surface area contributed by atoms with Crippen LogP contribution in [-0.2, 0) is 6.18 Å². The van der Waals surface area contributed by atoms with E-state index >= 15 is 0 Å². The van der Waals surface area contributed by atoms with Gasteiger partial charge in [-0.05, 0) is 75.0 Å². The van der Waals surface area contributed by atoms with Crippen molar-refractivity contribution in [1.82, 2.24) is 29.5 Å². The number of hydrogen-bond donors (Lipinski definition) is 2. The molecule has 1 aliphatic carbocycles. The van der Waals surface area contributed by atoms with Crippen LogP contribution >= 0.6 is 0 Å². The van der Waals surface area contributed by atoms with Crippen molar-refractivity contribution in [3.8, 4) is 22.4 Å². The molecule has 2 N–H and O–H groups in total. The predicted octanol–water partition coefficient (Wildman–Crippen LogP) is 5.73. The number of alkyl halides is 3. The maximum absolute atomic E-state index is 13.7. The maximum atomic E-state index is 13.7. The number of pyridine rings is 1. The lowest BCUT2D eigenvalue weighted by atomic mass is 9.98. The zero-order chi connectivity index (χ0) is 27.0. The molecule has 0 radical (unpaired) electrons. The summed E-state index contributed by atoms with van der Waals surface area (Å²) in [6.07, 6.45) is 4.15. The van der Waals surface area contributed by atoms with E-state index in [0.717, 1.165) is 69.4 Å². The van der Waals surface area contributed by atoms with Gasteiger partial charge in [0.2, 0.25) is 5.95 Å². The Kier molecular flexibility index (Phi) is 6.84. The third kappa shape index (κ3) is 5.54. The Balaban J connectivity index is 1.48. The lowest BCUT2D eigenvalue weighted by Gasteiger charge is -2.33. The van der Waals surface area contributed by atoms with Crippen molar-refractivity contribution < 1.29 is 13.2 Å². The standard InChI is InChI=1S/C28H31F3N8/c1-2-12-38-13-4-7-22(16-38)35-27-36-25(19-10-11-32-23(15-19)34-21-8-9-21)24(26-37-33-17-39(26)27)18-5-3-6-20(14-18)28(29,30)31/h3,5-6,10-11,14-15,17,21-22H,2,4,7-9,12-13,16H2,1H3,(H,32,34)(H,35,36). The molecule has 4 aromatic rings. The van der Waals surface area contributed by atoms with Gasteiger partial charge in [-0.1, -0.05) is 19.1 Å². The van der Waals surface area contributed by atoms with Crippen LogP contribution in [0.2, 0.25) is 0 Å². The van der Waals surface area contributed by atoms with Crippen LogP contribution in [0.3, 0.4) is 0 Å². The van der Waals surface area contributed by atoms with Crippen LogP contribution in [-0.4, -0.2) is 61.2 Å². The van der Waals surface area contributed by atoms with Crippen molar-refractivity contribution in [1.29, 1.82) is 0 Å². The maximum Gasteiger partial charge on any atom is 0.416 e. The number of likely N-dealkylation sites (tertiary alicyclic amines) is 1. The first-order chi connectivity index (χ1) is 18.9. The number of anilines is 2. The van der Waals surface area contributed by atoms with Crippen LogP contribution in [0.4, 0.5) is 24.9 Å². The van der Waals surface area contributed by atoms with Crippen molar-refractivity contribution >= 4 is 17.4 Å². The highest BCUT2D eigenvalue weighted by molar-refractivity contribution is 5.91. The Morgan fingerprint density at radius 2 is 1.90 bits per heavy atom. The first-order valence-electron chi connectivity index (χ1n) is 13.5. The Morgan fingerprint density at radius 3 is 2.69 bits per heavy atom. The number of halogens is 3. The average Bonchev–Trinajstić information content (AvgIpc) is 3.60. The lowest BCUT2D eigenvalue weighted by molar-refractivity contribution is -0.137. The summed E-state index contributed by atoms with van der Waals surface area (Å²) in [4.78, 5) is 11.9. The SMILES string of the molecule is CCCN1CCCC(Nc2nc(-c3ccnc(NC4CC4)c3)c(-c3cccc(C(F)(F)F)c3)c3nncn23)C1. The molecule has 6 rings (SSSR count). The molecule has 0 bridgehead atoms. The summed E-state index contributed by atoms with van der Waals surface area (Å²) in [7, 11) is 0. The summed E-state index contributed by atoms with van der Waals surface area (Å²) in [6, 6.07) is 9.61. The van der Waals surface area contributed by atoms with E-state index in [1.807, 2.05) is 12.1 Å². The second-order valence-corrected chi connectivity index (χ2v) is 10.4. The van der Waals surface area contributed by atoms with Gasteiger partial charge in [-0.3, -0.25) is 4.40 Å². The molecule has 0 amide bonds. The van der Waals surface area contributed by atoms with Crippen molar-refractivity contribution in [2.75, 3.05) is 30.3 Å². The highest BCUT2D eigenvalue weighted by Crippen LogP contribution is 2.39. The molecule has 39 heavy (non-hydrogen) atoms. The summed E-state index contributed by atoms with van der Waals surface area (Å²) in [6.45, 7) is 5.20. The Morgan fingerprint density at radius 1 is 1.03 bits per heavy atom. The van der Waals surface area contributed by atoms with E-state index in [-0.39, 0.29) is 6.04 Å². The van der Waals surface area contributed by atoms with Gasteiger partial charge in [0, 0.05) is 30.4 Å². The van der Waals surface area contributed by atoms with Gasteiger partial charge in [-0.2, -0.15) is 13.2 Å². The van der Waals surface area contributed by atoms with Crippen LogP contribution in [0.25, 0.3) is 28.0 Å². The van der Waals surface area contributed by atoms with Crippen LogP contribution < -0.4 is 10.6 Å². The van der Waals surface area contributed by atoms with Gasteiger partial charge in [-0.25, -0.2) is 9.97 Å². The summed E-state index contributed by atoms with van der Waals surface area (Å²) < 4.78 is 42.8. The first kappa shape index (κ1) is 25.5. The fourth-order valence-electron chi connectivity index (χ4n) is 5.28. The quantitative estimate of drug-likeness (QED) is 0.297. The molecule has 2 aliphatic rings. The molecule has 1 atom stereocenters. The number of nitrogens with zero attached hydrogens (tertiary/aromatic N) is 6. The van der Waals surface area contributed by atoms with Gasteiger partial charge in [0.1, 0.15) is 12.1 Å². The third-order valence-electron chi connectivity index (χ3n) is 7.27. The lowest BCUT2D eigenvalue weighted by Crippen LogP contribution is -2.42. The smallest absolute Gasteiger partial charge is 0.367 e. The number of rotatable bonds is 8. The number of benzene rings is 1. The number of fused-ring (bicyclic) bond motifs is 1. The van der Waals surface area contributed by atoms with Gasteiger partial charge in [-0.15, -0.1) is 10.2 Å². The van der Waals surface area contributed by atoms with Gasteiger partial charge < -0.3 is 15.5 Å². The van der Waals surface area contributed by atoms with E-state index in [4.69, 9.17) is 4.98 Å². The molecule has 11 heteroatoms. The molecule has 1 saturated carbocycles. The Hall–Kier alpha value is -3.73. The number of nitrogens with one attached hydrogen (secondary N) is 2. The monoisotopic (exact) mass is 536 g/mol. The fourth-order valence-corrected chi connectivity index (χ4v) is 5.28. The first-order valence-corrected chi connectivity index (χ1v) is 13.5. The molecule has 2 fully saturated rings.